The van der Waals surface area contributed by atoms with Crippen LogP contribution >= 0.6 is 0 Å². The minimum atomic E-state index is -1.73. The lowest BCUT2D eigenvalue weighted by atomic mass is 10.0. The highest BCUT2D eigenvalue weighted by Crippen LogP contribution is 2.21. The number of likely N-dealkylation sites (tertiary alicyclic amines) is 1. The number of rotatable bonds is 17. The van der Waals surface area contributed by atoms with Crippen LogP contribution in [0.3, 0.4) is 0 Å². The number of aliphatic hydroxyl groups excluding tert-OH is 2. The number of nitrogens with zero attached hydrogens (tertiary/aromatic N) is 1. The van der Waals surface area contributed by atoms with Gasteiger partial charge in [0.1, 0.15) is 24.2 Å². The van der Waals surface area contributed by atoms with E-state index in [9.17, 15) is 48.9 Å². The van der Waals surface area contributed by atoms with Gasteiger partial charge in [0.25, 0.3) is 0 Å². The number of carbonyl (C=O) groups is 7. The summed E-state index contributed by atoms with van der Waals surface area (Å²) in [5, 5.41) is 42.1. The first-order valence-corrected chi connectivity index (χ1v) is 15.7. The topological polar surface area (TPSA) is 270 Å². The van der Waals surface area contributed by atoms with Gasteiger partial charge in [-0.05, 0) is 64.8 Å². The number of nitrogens with two attached hydrogens (primary N) is 1. The molecule has 17 nitrogen and oxygen atoms in total. The molecule has 10 N–H and O–H groups in total. The fourth-order valence-corrected chi connectivity index (χ4v) is 5.49. The van der Waals surface area contributed by atoms with Crippen molar-refractivity contribution in [1.29, 1.82) is 0 Å². The van der Waals surface area contributed by atoms with E-state index in [4.69, 9.17) is 5.73 Å². The molecule has 46 heavy (non-hydrogen) atoms. The average Bonchev–Trinajstić information content (AvgIpc) is 3.68. The van der Waals surface area contributed by atoms with Crippen LogP contribution in [0.25, 0.3) is 0 Å². The number of carbonyl (C=O) groups excluding carboxylic acids is 6. The number of hydrogen-bond acceptors (Lipinski definition) is 10. The summed E-state index contributed by atoms with van der Waals surface area (Å²) in [6.45, 7) is 7.12. The second-order valence-corrected chi connectivity index (χ2v) is 12.4. The zero-order chi connectivity index (χ0) is 34.7. The quantitative estimate of drug-likeness (QED) is 0.0754. The van der Waals surface area contributed by atoms with E-state index in [1.54, 1.807) is 0 Å². The van der Waals surface area contributed by atoms with Gasteiger partial charge in [-0.1, -0.05) is 13.8 Å². The number of carboxylic acids is 1. The van der Waals surface area contributed by atoms with Crippen LogP contribution in [0.2, 0.25) is 0 Å². The molecule has 2 saturated heterocycles. The number of nitrogens with one attached hydrogen (secondary N) is 5. The highest BCUT2D eigenvalue weighted by atomic mass is 16.4. The van der Waals surface area contributed by atoms with Gasteiger partial charge in [0.2, 0.25) is 35.4 Å². The van der Waals surface area contributed by atoms with E-state index in [1.165, 1.54) is 11.8 Å². The molecule has 0 aromatic heterocycles. The van der Waals surface area contributed by atoms with Crippen LogP contribution in [0.15, 0.2) is 0 Å². The van der Waals surface area contributed by atoms with Crippen molar-refractivity contribution < 1.29 is 48.9 Å². The second kappa shape index (κ2) is 17.8. The van der Waals surface area contributed by atoms with Crippen molar-refractivity contribution in [2.24, 2.45) is 11.7 Å². The van der Waals surface area contributed by atoms with Crippen molar-refractivity contribution in [1.82, 2.24) is 31.5 Å². The third-order valence-electron chi connectivity index (χ3n) is 7.96. The molecule has 0 saturated carbocycles. The minimum absolute atomic E-state index is 0.0862. The van der Waals surface area contributed by atoms with Gasteiger partial charge in [-0.3, -0.25) is 28.8 Å². The zero-order valence-corrected chi connectivity index (χ0v) is 26.8. The molecule has 2 fully saturated rings. The smallest absolute Gasteiger partial charge is 0.328 e. The molecule has 0 aromatic rings. The Balaban J connectivity index is 2.18. The number of carboxylic acid groups (broad SMARTS) is 1. The maximum absolute atomic E-state index is 13.5. The predicted octanol–water partition coefficient (Wildman–Crippen LogP) is -3.17. The SMILES string of the molecule is CC(C)C[C@H](NC(=O)[C@@H]1CCCN1C(=O)[C@@H]1CCCN1)C(=O)N[C@H](C(=O)N[C@@H](CCC(N)=O)C(=O)N[C@H](C(=O)O)[C@@H](C)O)[C@@H](C)O. The molecule has 0 radical (unpaired) electrons. The van der Waals surface area contributed by atoms with Crippen LogP contribution in [0, 0.1) is 5.92 Å². The van der Waals surface area contributed by atoms with Gasteiger partial charge in [-0.25, -0.2) is 4.79 Å². The third kappa shape index (κ3) is 11.2. The summed E-state index contributed by atoms with van der Waals surface area (Å²) in [6.07, 6.45) is -0.980. The van der Waals surface area contributed by atoms with Crippen molar-refractivity contribution in [3.63, 3.8) is 0 Å². The summed E-state index contributed by atoms with van der Waals surface area (Å²) in [6, 6.07) is -7.15. The first kappa shape index (κ1) is 38.4. The number of hydrogen-bond donors (Lipinski definition) is 9. The Kier molecular flexibility index (Phi) is 14.8. The molecule has 17 heteroatoms. The summed E-state index contributed by atoms with van der Waals surface area (Å²) >= 11 is 0. The first-order chi connectivity index (χ1) is 21.5. The number of aliphatic carboxylic acids is 1. The van der Waals surface area contributed by atoms with E-state index < -0.39 is 77.9 Å². The maximum atomic E-state index is 13.5. The maximum Gasteiger partial charge on any atom is 0.328 e. The lowest BCUT2D eigenvalue weighted by Gasteiger charge is -2.30. The number of primary amides is 1. The van der Waals surface area contributed by atoms with Gasteiger partial charge in [-0.2, -0.15) is 0 Å². The standard InChI is InChI=1S/C29H49N7O10/c1-14(2)13-19(33-26(42)20-8-6-12-36(20)28(44)18-7-5-11-31-18)25(41)34-22(15(3)37)27(43)32-17(9-10-21(30)39)24(40)35-23(16(4)38)29(45)46/h14-20,22-23,31,37-38H,5-13H2,1-4H3,(H2,30,39)(H,32,43)(H,33,42)(H,34,41)(H,35,40)(H,45,46)/t15-,16-,17+,18+,19+,20+,22+,23+/m1/s1. The van der Waals surface area contributed by atoms with Crippen molar-refractivity contribution in [3.05, 3.63) is 0 Å². The highest BCUT2D eigenvalue weighted by molar-refractivity contribution is 5.97. The van der Waals surface area contributed by atoms with Crippen LogP contribution in [0.4, 0.5) is 0 Å². The summed E-state index contributed by atoms with van der Waals surface area (Å²) < 4.78 is 0. The van der Waals surface area contributed by atoms with E-state index in [2.05, 4.69) is 26.6 Å². The van der Waals surface area contributed by atoms with Crippen molar-refractivity contribution in [2.45, 2.75) is 121 Å². The number of aliphatic hydroxyl groups is 2. The van der Waals surface area contributed by atoms with Gasteiger partial charge in [0.05, 0.1) is 18.2 Å². The minimum Gasteiger partial charge on any atom is -0.480 e. The molecule has 8 atom stereocenters. The molecule has 0 aliphatic carbocycles. The predicted molar refractivity (Wildman–Crippen MR) is 162 cm³/mol. The molecular formula is C29H49N7O10. The Morgan fingerprint density at radius 2 is 1.43 bits per heavy atom. The van der Waals surface area contributed by atoms with E-state index >= 15 is 0 Å². The monoisotopic (exact) mass is 655 g/mol. The average molecular weight is 656 g/mol. The van der Waals surface area contributed by atoms with Crippen LogP contribution < -0.4 is 32.3 Å². The van der Waals surface area contributed by atoms with Crippen molar-refractivity contribution in [3.8, 4) is 0 Å². The highest BCUT2D eigenvalue weighted by Gasteiger charge is 2.40. The van der Waals surface area contributed by atoms with Gasteiger partial charge in [-0.15, -0.1) is 0 Å². The van der Waals surface area contributed by atoms with E-state index in [0.717, 1.165) is 19.9 Å². The van der Waals surface area contributed by atoms with Gasteiger partial charge in [0, 0.05) is 13.0 Å². The molecule has 260 valence electrons. The lowest BCUT2D eigenvalue weighted by molar-refractivity contribution is -0.145. The molecule has 2 aliphatic rings. The summed E-state index contributed by atoms with van der Waals surface area (Å²) in [4.78, 5) is 90.4. The molecule has 2 aliphatic heterocycles. The van der Waals surface area contributed by atoms with E-state index in [-0.39, 0.29) is 37.1 Å². The van der Waals surface area contributed by atoms with Crippen LogP contribution in [0.1, 0.15) is 72.6 Å². The number of amides is 6. The molecule has 0 spiro atoms. The van der Waals surface area contributed by atoms with Crippen LogP contribution in [0.5, 0.6) is 0 Å². The largest absolute Gasteiger partial charge is 0.480 e. The Morgan fingerprint density at radius 3 is 1.96 bits per heavy atom. The van der Waals surface area contributed by atoms with Crippen molar-refractivity contribution in [2.75, 3.05) is 13.1 Å². The van der Waals surface area contributed by atoms with E-state index in [0.29, 0.717) is 25.8 Å². The molecule has 2 rings (SSSR count). The summed E-state index contributed by atoms with van der Waals surface area (Å²) in [5.74, 6) is -6.01. The van der Waals surface area contributed by atoms with Gasteiger partial charge < -0.3 is 52.5 Å². The first-order valence-electron chi connectivity index (χ1n) is 15.7. The normalized spacial score (nSPS) is 21.8. The fourth-order valence-electron chi connectivity index (χ4n) is 5.49. The molecule has 2 heterocycles. The second-order valence-electron chi connectivity index (χ2n) is 12.4. The molecule has 0 bridgehead atoms. The Morgan fingerprint density at radius 1 is 0.826 bits per heavy atom. The molecule has 0 aromatic carbocycles. The lowest BCUT2D eigenvalue weighted by Crippen LogP contribution is -2.61. The van der Waals surface area contributed by atoms with Gasteiger partial charge in [0.15, 0.2) is 6.04 Å². The third-order valence-corrected chi connectivity index (χ3v) is 7.96. The fraction of sp³-hybridized carbons (Fsp3) is 0.759. The molecule has 0 unspecified atom stereocenters. The molecular weight excluding hydrogens is 606 g/mol. The Bertz CT molecular complexity index is 1130. The Labute approximate surface area is 267 Å². The van der Waals surface area contributed by atoms with Crippen LogP contribution in [-0.2, 0) is 33.6 Å². The van der Waals surface area contributed by atoms with Crippen LogP contribution in [-0.4, -0.2) is 123 Å². The van der Waals surface area contributed by atoms with E-state index in [1.807, 2.05) is 13.8 Å². The van der Waals surface area contributed by atoms with Crippen molar-refractivity contribution >= 4 is 41.4 Å². The molecule has 6 amide bonds. The Hall–Kier alpha value is -3.83. The van der Waals surface area contributed by atoms with Gasteiger partial charge >= 0.3 is 5.97 Å². The summed E-state index contributed by atoms with van der Waals surface area (Å²) in [7, 11) is 0. The zero-order valence-electron chi connectivity index (χ0n) is 26.8. The summed E-state index contributed by atoms with van der Waals surface area (Å²) in [5.41, 5.74) is 5.18.